The number of benzene rings is 2. The molecule has 5 nitrogen and oxygen atoms in total. The summed E-state index contributed by atoms with van der Waals surface area (Å²) < 4.78 is 66.2. The van der Waals surface area contributed by atoms with Crippen LogP contribution in [0.3, 0.4) is 0 Å². The average Bonchev–Trinajstić information content (AvgIpc) is 2.60. The topological polar surface area (TPSA) is 75.3 Å². The van der Waals surface area contributed by atoms with Crippen molar-refractivity contribution in [3.05, 3.63) is 65.7 Å². The quantitative estimate of drug-likeness (QED) is 0.855. The first-order chi connectivity index (χ1) is 12.2. The van der Waals surface area contributed by atoms with Gasteiger partial charge >= 0.3 is 6.18 Å². The first-order valence-electron chi connectivity index (χ1n) is 7.46. The van der Waals surface area contributed by atoms with Crippen LogP contribution in [0.25, 0.3) is 5.57 Å². The first kappa shape index (κ1) is 18.0. The zero-order valence-electron chi connectivity index (χ0n) is 13.2. The lowest BCUT2D eigenvalue weighted by Gasteiger charge is -2.22. The number of alkyl halides is 3. The summed E-state index contributed by atoms with van der Waals surface area (Å²) in [6.07, 6.45) is -3.67. The van der Waals surface area contributed by atoms with E-state index in [1.165, 1.54) is 18.2 Å². The molecule has 2 aromatic rings. The number of anilines is 1. The highest BCUT2D eigenvalue weighted by molar-refractivity contribution is 7.90. The second-order valence-corrected chi connectivity index (χ2v) is 7.19. The fourth-order valence-corrected chi connectivity index (χ4v) is 3.54. The third-order valence-electron chi connectivity index (χ3n) is 3.76. The molecule has 0 unspecified atom stereocenters. The third-order valence-corrected chi connectivity index (χ3v) is 5.09. The van der Waals surface area contributed by atoms with Crippen LogP contribution in [0.5, 0.6) is 0 Å². The van der Waals surface area contributed by atoms with Crippen molar-refractivity contribution in [3.8, 4) is 0 Å². The minimum atomic E-state index is -4.62. The molecule has 0 atom stereocenters. The number of amides is 1. The standard InChI is InChI=1S/C17H13F3N2O3S/c18-17(19,20)14-8-9-21-15-7-6-12(10-13(14)15)26(24,25)22-16(23)11-4-2-1-3-5-11/h1-8,10,21H,9H2,(H,22,23). The molecule has 0 aliphatic carbocycles. The highest BCUT2D eigenvalue weighted by Gasteiger charge is 2.37. The Hall–Kier alpha value is -2.81. The summed E-state index contributed by atoms with van der Waals surface area (Å²) in [6, 6.07) is 10.9. The van der Waals surface area contributed by atoms with Gasteiger partial charge in [-0.25, -0.2) is 13.1 Å². The molecule has 1 amide bonds. The van der Waals surface area contributed by atoms with Gasteiger partial charge in [0.1, 0.15) is 0 Å². The molecule has 0 bridgehead atoms. The Labute approximate surface area is 147 Å². The Morgan fingerprint density at radius 2 is 1.77 bits per heavy atom. The van der Waals surface area contributed by atoms with Crippen LogP contribution >= 0.6 is 0 Å². The van der Waals surface area contributed by atoms with Gasteiger partial charge in [-0.2, -0.15) is 13.2 Å². The molecule has 26 heavy (non-hydrogen) atoms. The van der Waals surface area contributed by atoms with E-state index in [9.17, 15) is 26.4 Å². The number of halogens is 3. The van der Waals surface area contributed by atoms with Crippen molar-refractivity contribution < 1.29 is 26.4 Å². The predicted octanol–water partition coefficient (Wildman–Crippen LogP) is 3.18. The molecule has 3 rings (SSSR count). The number of nitrogens with one attached hydrogen (secondary N) is 2. The SMILES string of the molecule is O=C(NS(=O)(=O)c1ccc2c(c1)C(C(F)(F)F)=CCN2)c1ccccc1. The highest BCUT2D eigenvalue weighted by atomic mass is 32.2. The van der Waals surface area contributed by atoms with Crippen molar-refractivity contribution in [2.45, 2.75) is 11.1 Å². The largest absolute Gasteiger partial charge is 0.416 e. The molecule has 0 fully saturated rings. The van der Waals surface area contributed by atoms with E-state index >= 15 is 0 Å². The van der Waals surface area contributed by atoms with E-state index in [4.69, 9.17) is 0 Å². The summed E-state index contributed by atoms with van der Waals surface area (Å²) in [6.45, 7) is -0.0152. The van der Waals surface area contributed by atoms with E-state index in [2.05, 4.69) is 5.32 Å². The van der Waals surface area contributed by atoms with E-state index in [1.54, 1.807) is 18.2 Å². The fraction of sp³-hybridized carbons (Fsp3) is 0.118. The number of rotatable bonds is 3. The van der Waals surface area contributed by atoms with Crippen molar-refractivity contribution in [1.29, 1.82) is 0 Å². The number of allylic oxidation sites excluding steroid dienone is 1. The van der Waals surface area contributed by atoms with Gasteiger partial charge in [0, 0.05) is 23.4 Å². The lowest BCUT2D eigenvalue weighted by Crippen LogP contribution is -2.30. The van der Waals surface area contributed by atoms with Gasteiger partial charge in [0.2, 0.25) is 0 Å². The van der Waals surface area contributed by atoms with Gasteiger partial charge < -0.3 is 5.32 Å². The summed E-state index contributed by atoms with van der Waals surface area (Å²) in [5, 5.41) is 2.75. The second-order valence-electron chi connectivity index (χ2n) is 5.50. The Kier molecular flexibility index (Phi) is 4.49. The maximum absolute atomic E-state index is 13.2. The summed E-state index contributed by atoms with van der Waals surface area (Å²) in [5.41, 5.74) is -0.906. The Morgan fingerprint density at radius 1 is 1.08 bits per heavy atom. The van der Waals surface area contributed by atoms with Gasteiger partial charge in [-0.3, -0.25) is 4.79 Å². The van der Waals surface area contributed by atoms with Crippen LogP contribution in [-0.2, 0) is 10.0 Å². The van der Waals surface area contributed by atoms with Crippen molar-refractivity contribution in [2.75, 3.05) is 11.9 Å². The molecule has 1 aliphatic rings. The number of hydrogen-bond acceptors (Lipinski definition) is 4. The Balaban J connectivity index is 1.95. The van der Waals surface area contributed by atoms with Crippen molar-refractivity contribution in [3.63, 3.8) is 0 Å². The predicted molar refractivity (Wildman–Crippen MR) is 90.1 cm³/mol. The molecule has 1 aliphatic heterocycles. The van der Waals surface area contributed by atoms with Gasteiger partial charge in [0.05, 0.1) is 10.5 Å². The molecule has 0 aromatic heterocycles. The maximum Gasteiger partial charge on any atom is 0.416 e. The summed E-state index contributed by atoms with van der Waals surface area (Å²) in [4.78, 5) is 11.6. The molecule has 9 heteroatoms. The molecule has 0 spiro atoms. The van der Waals surface area contributed by atoms with Gasteiger partial charge in [-0.1, -0.05) is 24.3 Å². The molecule has 2 aromatic carbocycles. The van der Waals surface area contributed by atoms with Crippen LogP contribution in [0, 0.1) is 0 Å². The number of fused-ring (bicyclic) bond motifs is 1. The summed E-state index contributed by atoms with van der Waals surface area (Å²) in [5.74, 6) is -0.868. The van der Waals surface area contributed by atoms with Crippen molar-refractivity contribution in [2.24, 2.45) is 0 Å². The van der Waals surface area contributed by atoms with Crippen LogP contribution in [0.2, 0.25) is 0 Å². The minimum Gasteiger partial charge on any atom is -0.381 e. The molecule has 1 heterocycles. The molecule has 136 valence electrons. The Morgan fingerprint density at radius 3 is 2.42 bits per heavy atom. The number of carbonyl (C=O) groups is 1. The van der Waals surface area contributed by atoms with E-state index in [0.717, 1.165) is 18.2 Å². The number of hydrogen-bond donors (Lipinski definition) is 2. The molecular formula is C17H13F3N2O3S. The number of carbonyl (C=O) groups excluding carboxylic acids is 1. The first-order valence-corrected chi connectivity index (χ1v) is 8.95. The third kappa shape index (κ3) is 3.57. The molecule has 2 N–H and O–H groups in total. The molecule has 0 radical (unpaired) electrons. The monoisotopic (exact) mass is 382 g/mol. The van der Waals surface area contributed by atoms with E-state index in [1.807, 2.05) is 4.72 Å². The Bertz CT molecular complexity index is 984. The highest BCUT2D eigenvalue weighted by Crippen LogP contribution is 2.40. The average molecular weight is 382 g/mol. The van der Waals surface area contributed by atoms with E-state index < -0.39 is 32.6 Å². The van der Waals surface area contributed by atoms with Gasteiger partial charge in [-0.05, 0) is 30.3 Å². The summed E-state index contributed by atoms with van der Waals surface area (Å²) in [7, 11) is -4.33. The molecular weight excluding hydrogens is 369 g/mol. The minimum absolute atomic E-state index is 0.0152. The second kappa shape index (κ2) is 6.49. The zero-order valence-corrected chi connectivity index (χ0v) is 14.0. The lowest BCUT2D eigenvalue weighted by atomic mass is 10.00. The van der Waals surface area contributed by atoms with Gasteiger partial charge in [0.15, 0.2) is 0 Å². The van der Waals surface area contributed by atoms with E-state index in [0.29, 0.717) is 0 Å². The zero-order chi connectivity index (χ0) is 18.9. The van der Waals surface area contributed by atoms with Crippen molar-refractivity contribution >= 4 is 27.2 Å². The number of sulfonamides is 1. The smallest absolute Gasteiger partial charge is 0.381 e. The van der Waals surface area contributed by atoms with E-state index in [-0.39, 0.29) is 23.4 Å². The van der Waals surface area contributed by atoms with Gasteiger partial charge in [0.25, 0.3) is 15.9 Å². The van der Waals surface area contributed by atoms with Crippen LogP contribution in [0.15, 0.2) is 59.5 Å². The normalized spacial score (nSPS) is 14.0. The van der Waals surface area contributed by atoms with Crippen LogP contribution < -0.4 is 10.0 Å². The van der Waals surface area contributed by atoms with Crippen LogP contribution in [0.1, 0.15) is 15.9 Å². The molecule has 0 saturated heterocycles. The van der Waals surface area contributed by atoms with Crippen LogP contribution in [-0.4, -0.2) is 27.0 Å². The summed E-state index contributed by atoms with van der Waals surface area (Å²) >= 11 is 0. The molecule has 0 saturated carbocycles. The van der Waals surface area contributed by atoms with Crippen molar-refractivity contribution in [1.82, 2.24) is 4.72 Å². The maximum atomic E-state index is 13.2. The van der Waals surface area contributed by atoms with Gasteiger partial charge in [-0.15, -0.1) is 0 Å². The van der Waals surface area contributed by atoms with Crippen LogP contribution in [0.4, 0.5) is 18.9 Å². The fourth-order valence-electron chi connectivity index (χ4n) is 2.54. The lowest BCUT2D eigenvalue weighted by molar-refractivity contribution is -0.0690.